The average molecular weight is 952 g/mol. The summed E-state index contributed by atoms with van der Waals surface area (Å²) in [6.07, 6.45) is 11.8. The monoisotopic (exact) mass is 950 g/mol. The Labute approximate surface area is 379 Å². The molecule has 1 aromatic carbocycles. The summed E-state index contributed by atoms with van der Waals surface area (Å²) in [5, 5.41) is 13.2. The molecule has 1 fully saturated rings. The first-order chi connectivity index (χ1) is 30.0. The van der Waals surface area contributed by atoms with E-state index in [4.69, 9.17) is 25.7 Å². The van der Waals surface area contributed by atoms with Crippen LogP contribution in [0.3, 0.4) is 0 Å². The first-order valence-electron chi connectivity index (χ1n) is 22.5. The van der Waals surface area contributed by atoms with Crippen molar-refractivity contribution in [2.24, 2.45) is 17.4 Å². The highest BCUT2D eigenvalue weighted by molar-refractivity contribution is 9.10. The predicted octanol–water partition coefficient (Wildman–Crippen LogP) is 4.30. The molecule has 6 amide bonds. The Morgan fingerprint density at radius 3 is 2.05 bits per heavy atom. The van der Waals surface area contributed by atoms with Gasteiger partial charge in [-0.1, -0.05) is 22.4 Å². The fourth-order valence-electron chi connectivity index (χ4n) is 8.08. The Hall–Kier alpha value is -3.42. The Kier molecular flexibility index (Phi) is 24.0. The molecule has 3 atom stereocenters. The van der Waals surface area contributed by atoms with E-state index in [1.54, 1.807) is 6.07 Å². The predicted molar refractivity (Wildman–Crippen MR) is 247 cm³/mol. The number of hydrogen-bond acceptors (Lipinski definition) is 10. The van der Waals surface area contributed by atoms with Crippen LogP contribution in [0.25, 0.3) is 10.9 Å². The number of nitrogens with one attached hydrogen (secondary N) is 5. The van der Waals surface area contributed by atoms with Gasteiger partial charge < -0.3 is 56.8 Å². The minimum Gasteiger partial charge on any atom is -0.379 e. The van der Waals surface area contributed by atoms with E-state index in [2.05, 4.69) is 54.1 Å². The molecule has 1 unspecified atom stereocenters. The highest BCUT2D eigenvalue weighted by Gasteiger charge is 2.27. The molecule has 1 aliphatic heterocycles. The largest absolute Gasteiger partial charge is 0.379 e. The number of nitrogens with zero attached hydrogens (tertiary/aromatic N) is 1. The van der Waals surface area contributed by atoms with Crippen LogP contribution in [0.1, 0.15) is 105 Å². The number of amides is 6. The zero-order valence-electron chi connectivity index (χ0n) is 36.6. The first kappa shape index (κ1) is 51.2. The van der Waals surface area contributed by atoms with E-state index in [9.17, 15) is 24.0 Å². The summed E-state index contributed by atoms with van der Waals surface area (Å²) in [5.41, 5.74) is 14.7. The summed E-state index contributed by atoms with van der Waals surface area (Å²) < 4.78 is 17.7. The smallest absolute Gasteiger partial charge is 0.312 e. The maximum absolute atomic E-state index is 12.3. The number of fused-ring (bicyclic) bond motifs is 3. The molecule has 0 saturated carbocycles. The molecule has 2 heterocycles. The molecule has 2 aromatic rings. The molecule has 18 heteroatoms. The van der Waals surface area contributed by atoms with Gasteiger partial charge in [-0.25, -0.2) is 4.79 Å². The lowest BCUT2D eigenvalue weighted by Gasteiger charge is -2.27. The van der Waals surface area contributed by atoms with Crippen molar-refractivity contribution in [3.63, 3.8) is 0 Å². The van der Waals surface area contributed by atoms with Crippen LogP contribution < -0.4 is 32.7 Å². The van der Waals surface area contributed by atoms with E-state index in [-0.39, 0.29) is 23.8 Å². The summed E-state index contributed by atoms with van der Waals surface area (Å²) in [7, 11) is 2.15. The van der Waals surface area contributed by atoms with Crippen molar-refractivity contribution in [1.82, 2.24) is 31.2 Å². The fraction of sp³-hybridized carbons (Fsp3) is 0.705. The average Bonchev–Trinajstić information content (AvgIpc) is 3.84. The summed E-state index contributed by atoms with van der Waals surface area (Å²) in [6.45, 7) is 6.64. The molecule has 2 aliphatic rings. The van der Waals surface area contributed by atoms with Gasteiger partial charge in [0.2, 0.25) is 17.7 Å². The Bertz CT molecular complexity index is 1720. The Morgan fingerprint density at radius 1 is 0.806 bits per heavy atom. The summed E-state index contributed by atoms with van der Waals surface area (Å²) in [6, 6.07) is 3.37. The SMILES string of the molecule is CN(CCCCNC(=O)CCCC(=O)NCCCOCCOCCOCCCNC(=O)CCCC[C@H]1C[C@@H](NC(N)=O)CS1)CC1CCc2c([nH]c3c(C(N)=O)ccc(Br)c23)C1. The third kappa shape index (κ3) is 19.5. The van der Waals surface area contributed by atoms with Crippen LogP contribution in [0.5, 0.6) is 0 Å². The van der Waals surface area contributed by atoms with Crippen molar-refractivity contribution in [3.05, 3.63) is 33.4 Å². The number of rotatable bonds is 32. The van der Waals surface area contributed by atoms with Crippen LogP contribution in [0.4, 0.5) is 4.79 Å². The van der Waals surface area contributed by atoms with Gasteiger partial charge in [0, 0.05) is 91.3 Å². The molecule has 348 valence electrons. The Morgan fingerprint density at radius 2 is 1.42 bits per heavy atom. The van der Waals surface area contributed by atoms with Gasteiger partial charge in [0.25, 0.3) is 5.91 Å². The van der Waals surface area contributed by atoms with Crippen molar-refractivity contribution in [1.29, 1.82) is 0 Å². The zero-order valence-corrected chi connectivity index (χ0v) is 39.0. The van der Waals surface area contributed by atoms with Crippen molar-refractivity contribution in [2.75, 3.05) is 85.2 Å². The zero-order chi connectivity index (χ0) is 44.5. The standard InChI is InChI=1S/C44H71BrN8O8S/c1-53(29-31-13-14-34-37(27-31)52-42-35(43(46)57)15-16-36(45)41(34)42)20-5-4-17-48-39(55)11-6-12-40(56)50-19-8-22-60-24-26-61-25-23-59-21-7-18-49-38(54)10-3-2-9-33-28-32(30-62-33)51-44(47)58/h15-16,31-33,52H,2-14,17-30H2,1H3,(H2,46,57)(H,48,55)(H,49,54)(H,50,56)(H3,47,51,58)/t31?,32-,33+/m1/s1. The summed E-state index contributed by atoms with van der Waals surface area (Å²) in [4.78, 5) is 65.4. The van der Waals surface area contributed by atoms with Crippen molar-refractivity contribution < 1.29 is 38.2 Å². The molecule has 0 bridgehead atoms. The normalized spacial score (nSPS) is 17.2. The quantitative estimate of drug-likeness (QED) is 0.0515. The van der Waals surface area contributed by atoms with Gasteiger partial charge in [-0.15, -0.1) is 0 Å². The number of aromatic nitrogens is 1. The molecule has 1 saturated heterocycles. The second-order valence-electron chi connectivity index (χ2n) is 16.5. The van der Waals surface area contributed by atoms with Gasteiger partial charge >= 0.3 is 6.03 Å². The number of H-pyrrole nitrogens is 1. The number of aryl methyl sites for hydroxylation is 1. The van der Waals surface area contributed by atoms with Crippen LogP contribution in [0.2, 0.25) is 0 Å². The number of ether oxygens (including phenoxy) is 3. The number of carbonyl (C=O) groups excluding carboxylic acids is 5. The van der Waals surface area contributed by atoms with Crippen LogP contribution in [0, 0.1) is 5.92 Å². The van der Waals surface area contributed by atoms with Crippen molar-refractivity contribution in [3.8, 4) is 0 Å². The van der Waals surface area contributed by atoms with Crippen molar-refractivity contribution >= 4 is 68.3 Å². The third-order valence-corrected chi connectivity index (χ3v) is 13.4. The molecule has 4 rings (SSSR count). The van der Waals surface area contributed by atoms with Gasteiger partial charge in [0.05, 0.1) is 37.5 Å². The molecule has 1 aromatic heterocycles. The number of thioether (sulfide) groups is 1. The minimum absolute atomic E-state index is 0.0219. The van der Waals surface area contributed by atoms with Crippen LogP contribution in [0.15, 0.2) is 16.6 Å². The number of urea groups is 1. The Balaban J connectivity index is 0.856. The molecular formula is C44H71BrN8O8S. The van der Waals surface area contributed by atoms with E-state index >= 15 is 0 Å². The number of hydrogen-bond donors (Lipinski definition) is 7. The van der Waals surface area contributed by atoms with Crippen LogP contribution in [-0.4, -0.2) is 136 Å². The first-order valence-corrected chi connectivity index (χ1v) is 24.4. The summed E-state index contributed by atoms with van der Waals surface area (Å²) >= 11 is 5.52. The van der Waals surface area contributed by atoms with Gasteiger partial charge in [-0.05, 0) is 108 Å². The van der Waals surface area contributed by atoms with Crippen molar-refractivity contribution in [2.45, 2.75) is 108 Å². The van der Waals surface area contributed by atoms with E-state index in [1.165, 1.54) is 11.3 Å². The van der Waals surface area contributed by atoms with Gasteiger partial charge in [-0.3, -0.25) is 19.2 Å². The highest BCUT2D eigenvalue weighted by Crippen LogP contribution is 2.37. The molecule has 1 aliphatic carbocycles. The van der Waals surface area contributed by atoms with E-state index in [1.807, 2.05) is 17.8 Å². The van der Waals surface area contributed by atoms with Crippen LogP contribution >= 0.6 is 27.7 Å². The summed E-state index contributed by atoms with van der Waals surface area (Å²) in [5.74, 6) is 0.989. The van der Waals surface area contributed by atoms with E-state index in [0.29, 0.717) is 108 Å². The molecule has 0 radical (unpaired) electrons. The second kappa shape index (κ2) is 29.1. The third-order valence-electron chi connectivity index (χ3n) is 11.2. The number of primary amides is 2. The number of benzene rings is 1. The fourth-order valence-corrected chi connectivity index (χ4v) is 10.1. The molecule has 16 nitrogen and oxygen atoms in total. The number of nitrogens with two attached hydrogens (primary N) is 2. The number of halogens is 1. The topological polar surface area (TPSA) is 232 Å². The maximum atomic E-state index is 12.3. The maximum Gasteiger partial charge on any atom is 0.312 e. The lowest BCUT2D eigenvalue weighted by molar-refractivity contribution is -0.123. The van der Waals surface area contributed by atoms with Crippen LogP contribution in [-0.2, 0) is 41.4 Å². The number of carbonyl (C=O) groups is 5. The molecule has 9 N–H and O–H groups in total. The van der Waals surface area contributed by atoms with E-state index in [0.717, 1.165) is 98.4 Å². The van der Waals surface area contributed by atoms with Gasteiger partial charge in [0.15, 0.2) is 0 Å². The molecule has 0 spiro atoms. The lowest BCUT2D eigenvalue weighted by atomic mass is 9.86. The van der Waals surface area contributed by atoms with Gasteiger partial charge in [-0.2, -0.15) is 11.8 Å². The number of aromatic amines is 1. The molecule has 62 heavy (non-hydrogen) atoms. The lowest BCUT2D eigenvalue weighted by Crippen LogP contribution is -2.38. The second-order valence-corrected chi connectivity index (χ2v) is 18.6. The molecular weight excluding hydrogens is 881 g/mol. The number of unbranched alkanes of at least 4 members (excludes halogenated alkanes) is 2. The highest BCUT2D eigenvalue weighted by atomic mass is 79.9. The minimum atomic E-state index is -0.463. The van der Waals surface area contributed by atoms with Gasteiger partial charge in [0.1, 0.15) is 0 Å². The van der Waals surface area contributed by atoms with E-state index < -0.39 is 11.9 Å².